The van der Waals surface area contributed by atoms with Crippen LogP contribution in [0.4, 0.5) is 4.39 Å². The van der Waals surface area contributed by atoms with Crippen molar-refractivity contribution in [1.82, 2.24) is 4.90 Å². The number of amides is 1. The van der Waals surface area contributed by atoms with Crippen molar-refractivity contribution in [3.63, 3.8) is 0 Å². The summed E-state index contributed by atoms with van der Waals surface area (Å²) in [6.07, 6.45) is 2.56. The summed E-state index contributed by atoms with van der Waals surface area (Å²) in [4.78, 5) is 14.0. The standard InChI is InChI=1S/C15H19BrFNO/c1-15(2)6-5-14(19)18(8-7-15)10-11-3-4-13(17)12(16)9-11/h3-4,9H,5-8,10H2,1-2H3. The summed E-state index contributed by atoms with van der Waals surface area (Å²) >= 11 is 3.18. The second kappa shape index (κ2) is 5.61. The molecule has 4 heteroatoms. The van der Waals surface area contributed by atoms with Crippen molar-refractivity contribution in [3.05, 3.63) is 34.1 Å². The zero-order valence-corrected chi connectivity index (χ0v) is 13.0. The molecule has 0 unspecified atom stereocenters. The van der Waals surface area contributed by atoms with Crippen LogP contribution < -0.4 is 0 Å². The van der Waals surface area contributed by atoms with Crippen LogP contribution in [0.25, 0.3) is 0 Å². The molecule has 1 saturated heterocycles. The molecule has 1 aliphatic rings. The van der Waals surface area contributed by atoms with E-state index in [-0.39, 0.29) is 17.1 Å². The van der Waals surface area contributed by atoms with Crippen LogP contribution in [0.3, 0.4) is 0 Å². The van der Waals surface area contributed by atoms with Gasteiger partial charge in [-0.2, -0.15) is 0 Å². The van der Waals surface area contributed by atoms with Gasteiger partial charge in [0, 0.05) is 19.5 Å². The lowest BCUT2D eigenvalue weighted by Gasteiger charge is -2.23. The molecule has 1 fully saturated rings. The maximum atomic E-state index is 13.2. The van der Waals surface area contributed by atoms with Crippen LogP contribution in [0.1, 0.15) is 38.7 Å². The Hall–Kier alpha value is -0.900. The number of hydrogen-bond acceptors (Lipinski definition) is 1. The van der Waals surface area contributed by atoms with Crippen molar-refractivity contribution in [3.8, 4) is 0 Å². The molecular weight excluding hydrogens is 309 g/mol. The Balaban J connectivity index is 2.09. The molecule has 2 nitrogen and oxygen atoms in total. The monoisotopic (exact) mass is 327 g/mol. The molecule has 0 spiro atoms. The Morgan fingerprint density at radius 3 is 2.79 bits per heavy atom. The van der Waals surface area contributed by atoms with Crippen molar-refractivity contribution in [2.24, 2.45) is 5.41 Å². The lowest BCUT2D eigenvalue weighted by atomic mass is 9.85. The second-order valence-electron chi connectivity index (χ2n) is 5.98. The first-order valence-electron chi connectivity index (χ1n) is 6.59. The van der Waals surface area contributed by atoms with E-state index < -0.39 is 0 Å². The summed E-state index contributed by atoms with van der Waals surface area (Å²) in [5.74, 6) is -0.0712. The van der Waals surface area contributed by atoms with E-state index in [0.29, 0.717) is 17.4 Å². The fourth-order valence-corrected chi connectivity index (χ4v) is 2.74. The van der Waals surface area contributed by atoms with E-state index in [1.54, 1.807) is 12.1 Å². The molecule has 2 rings (SSSR count). The SMILES string of the molecule is CC1(C)CCC(=O)N(Cc2ccc(F)c(Br)c2)CC1. The van der Waals surface area contributed by atoms with Crippen LogP contribution in [-0.4, -0.2) is 17.4 Å². The Morgan fingerprint density at radius 1 is 1.37 bits per heavy atom. The minimum Gasteiger partial charge on any atom is -0.338 e. The average Bonchev–Trinajstić information content (AvgIpc) is 2.47. The number of rotatable bonds is 2. The van der Waals surface area contributed by atoms with Gasteiger partial charge in [0.2, 0.25) is 5.91 Å². The van der Waals surface area contributed by atoms with Gasteiger partial charge in [-0.15, -0.1) is 0 Å². The van der Waals surface area contributed by atoms with E-state index in [4.69, 9.17) is 0 Å². The molecule has 1 aromatic rings. The highest BCUT2D eigenvalue weighted by molar-refractivity contribution is 9.10. The summed E-state index contributed by atoms with van der Waals surface area (Å²) in [7, 11) is 0. The van der Waals surface area contributed by atoms with Crippen LogP contribution in [0, 0.1) is 11.2 Å². The molecule has 0 aliphatic carbocycles. The van der Waals surface area contributed by atoms with E-state index in [1.807, 2.05) is 4.90 Å². The van der Waals surface area contributed by atoms with Gasteiger partial charge in [0.1, 0.15) is 5.82 Å². The van der Waals surface area contributed by atoms with Crippen LogP contribution in [-0.2, 0) is 11.3 Å². The van der Waals surface area contributed by atoms with Crippen LogP contribution in [0.2, 0.25) is 0 Å². The quantitative estimate of drug-likeness (QED) is 0.799. The van der Waals surface area contributed by atoms with Crippen molar-refractivity contribution >= 4 is 21.8 Å². The number of carbonyl (C=O) groups excluding carboxylic acids is 1. The van der Waals surface area contributed by atoms with Gasteiger partial charge in [-0.05, 0) is 51.9 Å². The van der Waals surface area contributed by atoms with Crippen molar-refractivity contribution in [1.29, 1.82) is 0 Å². The number of nitrogens with zero attached hydrogens (tertiary/aromatic N) is 1. The summed E-state index contributed by atoms with van der Waals surface area (Å²) in [6.45, 7) is 5.76. The van der Waals surface area contributed by atoms with E-state index in [1.165, 1.54) is 6.07 Å². The van der Waals surface area contributed by atoms with Gasteiger partial charge in [-0.3, -0.25) is 4.79 Å². The number of carbonyl (C=O) groups is 1. The third-order valence-electron chi connectivity index (χ3n) is 3.78. The average molecular weight is 328 g/mol. The third kappa shape index (κ3) is 3.78. The molecule has 104 valence electrons. The highest BCUT2D eigenvalue weighted by Crippen LogP contribution is 2.31. The molecule has 1 aliphatic heterocycles. The van der Waals surface area contributed by atoms with Crippen LogP contribution >= 0.6 is 15.9 Å². The minimum absolute atomic E-state index is 0.200. The predicted octanol–water partition coefficient (Wildman–Crippen LogP) is 4.13. The number of hydrogen-bond donors (Lipinski definition) is 0. The smallest absolute Gasteiger partial charge is 0.222 e. The van der Waals surface area contributed by atoms with E-state index in [0.717, 1.165) is 24.9 Å². The summed E-state index contributed by atoms with van der Waals surface area (Å²) < 4.78 is 13.6. The molecule has 1 amide bonds. The lowest BCUT2D eigenvalue weighted by molar-refractivity contribution is -0.131. The summed E-state index contributed by atoms with van der Waals surface area (Å²) in [5.41, 5.74) is 1.19. The third-order valence-corrected chi connectivity index (χ3v) is 4.39. The minimum atomic E-state index is -0.271. The molecule has 0 N–H and O–H groups in total. The fourth-order valence-electron chi connectivity index (χ4n) is 2.32. The van der Waals surface area contributed by atoms with Gasteiger partial charge in [0.05, 0.1) is 4.47 Å². The largest absolute Gasteiger partial charge is 0.338 e. The fraction of sp³-hybridized carbons (Fsp3) is 0.533. The van der Waals surface area contributed by atoms with Crippen molar-refractivity contribution < 1.29 is 9.18 Å². The normalized spacial score (nSPS) is 19.4. The van der Waals surface area contributed by atoms with Gasteiger partial charge < -0.3 is 4.90 Å². The molecule has 1 heterocycles. The van der Waals surface area contributed by atoms with E-state index in [2.05, 4.69) is 29.8 Å². The van der Waals surface area contributed by atoms with Gasteiger partial charge in [-0.25, -0.2) is 4.39 Å². The van der Waals surface area contributed by atoms with Crippen molar-refractivity contribution in [2.45, 2.75) is 39.7 Å². The molecule has 0 atom stereocenters. The molecule has 0 aromatic heterocycles. The first-order chi connectivity index (χ1) is 8.87. The van der Waals surface area contributed by atoms with Gasteiger partial charge in [0.25, 0.3) is 0 Å². The van der Waals surface area contributed by atoms with Crippen LogP contribution in [0.5, 0.6) is 0 Å². The maximum absolute atomic E-state index is 13.2. The highest BCUT2D eigenvalue weighted by atomic mass is 79.9. The molecule has 0 radical (unpaired) electrons. The summed E-state index contributed by atoms with van der Waals surface area (Å²) in [5, 5.41) is 0. The second-order valence-corrected chi connectivity index (χ2v) is 6.83. The molecule has 1 aromatic carbocycles. The highest BCUT2D eigenvalue weighted by Gasteiger charge is 2.27. The Kier molecular flexibility index (Phi) is 4.29. The zero-order valence-electron chi connectivity index (χ0n) is 11.4. The van der Waals surface area contributed by atoms with E-state index in [9.17, 15) is 9.18 Å². The topological polar surface area (TPSA) is 20.3 Å². The molecule has 19 heavy (non-hydrogen) atoms. The van der Waals surface area contributed by atoms with Gasteiger partial charge in [0.15, 0.2) is 0 Å². The van der Waals surface area contributed by atoms with Gasteiger partial charge >= 0.3 is 0 Å². The first-order valence-corrected chi connectivity index (χ1v) is 7.38. The molecule has 0 bridgehead atoms. The van der Waals surface area contributed by atoms with Crippen LogP contribution in [0.15, 0.2) is 22.7 Å². The number of benzene rings is 1. The summed E-state index contributed by atoms with van der Waals surface area (Å²) in [6, 6.07) is 4.92. The van der Waals surface area contributed by atoms with E-state index >= 15 is 0 Å². The Labute approximate surface area is 122 Å². The lowest BCUT2D eigenvalue weighted by Crippen LogP contribution is -2.30. The Morgan fingerprint density at radius 2 is 2.11 bits per heavy atom. The van der Waals surface area contributed by atoms with Gasteiger partial charge in [-0.1, -0.05) is 19.9 Å². The number of halogens is 2. The number of likely N-dealkylation sites (tertiary alicyclic amines) is 1. The molecule has 0 saturated carbocycles. The Bertz CT molecular complexity index is 487. The first kappa shape index (κ1) is 14.5. The van der Waals surface area contributed by atoms with Crippen molar-refractivity contribution in [2.75, 3.05) is 6.54 Å². The maximum Gasteiger partial charge on any atom is 0.222 e. The molecular formula is C15H19BrFNO. The zero-order chi connectivity index (χ0) is 14.0. The predicted molar refractivity (Wildman–Crippen MR) is 77.1 cm³/mol.